The van der Waals surface area contributed by atoms with Crippen molar-refractivity contribution in [1.82, 2.24) is 4.90 Å². The molecule has 3 fully saturated rings. The Hall–Kier alpha value is -6.13. The molecule has 350 valence electrons. The quantitative estimate of drug-likeness (QED) is 0.0244. The maximum atomic E-state index is 12.5. The van der Waals surface area contributed by atoms with E-state index in [1.807, 2.05) is 69.7 Å². The molecule has 0 N–H and O–H groups in total. The number of epoxide rings is 3. The molecular weight excluding hydrogens is 925 g/mol. The molecule has 0 amide bonds. The molecular formula is C48H48Cl3N7O9. The summed E-state index contributed by atoms with van der Waals surface area (Å²) in [6.45, 7) is 13.2. The van der Waals surface area contributed by atoms with Crippen molar-refractivity contribution in [2.75, 3.05) is 115 Å². The Kier molecular flexibility index (Phi) is 18.1. The minimum absolute atomic E-state index is 0.000739. The van der Waals surface area contributed by atoms with Crippen LogP contribution in [-0.4, -0.2) is 141 Å². The van der Waals surface area contributed by atoms with Crippen molar-refractivity contribution in [3.05, 3.63) is 118 Å². The summed E-state index contributed by atoms with van der Waals surface area (Å²) in [5, 5.41) is 19.3. The molecule has 3 aromatic rings. The minimum Gasteiger partial charge on any atom is -0.468 e. The van der Waals surface area contributed by atoms with Gasteiger partial charge in [-0.3, -0.25) is 9.69 Å². The van der Waals surface area contributed by atoms with E-state index in [-0.39, 0.29) is 70.1 Å². The van der Waals surface area contributed by atoms with Crippen molar-refractivity contribution in [1.29, 1.82) is 10.5 Å². The lowest BCUT2D eigenvalue weighted by molar-refractivity contribution is -0.139. The van der Waals surface area contributed by atoms with E-state index in [2.05, 4.69) is 24.4 Å². The standard InChI is InChI=1S/C48H48Cl3N7O9/c1-54-45(48(61)67-30-39-27-64-39)44(51)33-9-15-36(16-10-33)57(4)19-22-58(20-17-55(2)34-11-5-31(6-12-34)42(49)40(23-52)46(59)65-28-37-25-62-37)21-18-56(3)35-13-7-32(8-14-35)43(50)41(24-53)47(60)66-29-38-26-63-38/h5-16,37-39H,17-22,25-30H2,2-4H3/b42-40-,43-41-,45-44+. The normalized spacial score (nSPS) is 17.8. The average molecular weight is 973 g/mol. The molecule has 0 bridgehead atoms. The van der Waals surface area contributed by atoms with Gasteiger partial charge in [0, 0.05) is 77.5 Å². The van der Waals surface area contributed by atoms with Crippen LogP contribution in [0, 0.1) is 29.2 Å². The Morgan fingerprint density at radius 1 is 0.567 bits per heavy atom. The molecule has 67 heavy (non-hydrogen) atoms. The van der Waals surface area contributed by atoms with Crippen LogP contribution >= 0.6 is 34.8 Å². The number of carbonyl (C=O) groups excluding carboxylic acids is 3. The van der Waals surface area contributed by atoms with Gasteiger partial charge in [0.2, 0.25) is 0 Å². The van der Waals surface area contributed by atoms with Crippen LogP contribution in [0.3, 0.4) is 0 Å². The maximum absolute atomic E-state index is 12.5. The third-order valence-electron chi connectivity index (χ3n) is 10.9. The monoisotopic (exact) mass is 971 g/mol. The third kappa shape index (κ3) is 14.7. The van der Waals surface area contributed by atoms with Gasteiger partial charge in [0.1, 0.15) is 50.3 Å². The first-order valence-electron chi connectivity index (χ1n) is 21.2. The minimum atomic E-state index is -0.800. The van der Waals surface area contributed by atoms with E-state index in [1.165, 1.54) is 0 Å². The van der Waals surface area contributed by atoms with Crippen molar-refractivity contribution in [3.8, 4) is 12.1 Å². The number of nitriles is 2. The van der Waals surface area contributed by atoms with Crippen LogP contribution in [0.15, 0.2) is 89.6 Å². The molecule has 0 aliphatic carbocycles. The Labute approximate surface area is 404 Å². The van der Waals surface area contributed by atoms with Crippen LogP contribution in [-0.2, 0) is 42.8 Å². The first-order chi connectivity index (χ1) is 32.3. The highest BCUT2D eigenvalue weighted by atomic mass is 35.5. The van der Waals surface area contributed by atoms with E-state index in [1.54, 1.807) is 36.4 Å². The highest BCUT2D eigenvalue weighted by Crippen LogP contribution is 2.30. The largest absolute Gasteiger partial charge is 0.468 e. The van der Waals surface area contributed by atoms with Crippen LogP contribution in [0.4, 0.5) is 17.1 Å². The van der Waals surface area contributed by atoms with E-state index in [4.69, 9.17) is 69.8 Å². The SMILES string of the molecule is [C-]#[N+]/C(C(=O)OCC1CO1)=C(/Cl)c1ccc(N(C)CCN(CCN(C)c2ccc(/C(Cl)=C(\C#N)C(=O)OCC3CO3)cc2)CCN(C)c2ccc(/C(Cl)=C(\C#N)C(=O)OCC3CO3)cc2)cc1. The molecule has 3 aliphatic heterocycles. The van der Waals surface area contributed by atoms with Gasteiger partial charge in [-0.25, -0.2) is 14.4 Å². The van der Waals surface area contributed by atoms with Crippen LogP contribution < -0.4 is 14.7 Å². The zero-order valence-corrected chi connectivity index (χ0v) is 39.4. The Morgan fingerprint density at radius 3 is 1.15 bits per heavy atom. The van der Waals surface area contributed by atoms with Gasteiger partial charge >= 0.3 is 17.9 Å². The van der Waals surface area contributed by atoms with Gasteiger partial charge < -0.3 is 43.1 Å². The molecule has 0 radical (unpaired) electrons. The Morgan fingerprint density at radius 2 is 0.866 bits per heavy atom. The summed E-state index contributed by atoms with van der Waals surface area (Å²) >= 11 is 19.5. The lowest BCUT2D eigenvalue weighted by atomic mass is 10.1. The summed E-state index contributed by atoms with van der Waals surface area (Å²) in [6.07, 6.45) is -0.424. The molecule has 3 aliphatic rings. The molecule has 3 aromatic carbocycles. The zero-order chi connectivity index (χ0) is 48.0. The second-order valence-electron chi connectivity index (χ2n) is 15.8. The summed E-state index contributed by atoms with van der Waals surface area (Å²) in [7, 11) is 5.93. The number of esters is 3. The molecule has 3 saturated heterocycles. The average Bonchev–Trinajstić information content (AvgIpc) is 4.19. The highest BCUT2D eigenvalue weighted by molar-refractivity contribution is 6.52. The number of nitrogens with zero attached hydrogens (tertiary/aromatic N) is 7. The zero-order valence-electron chi connectivity index (χ0n) is 37.1. The summed E-state index contributed by atoms with van der Waals surface area (Å²) in [5.41, 5.74) is 3.35. The van der Waals surface area contributed by atoms with Crippen molar-refractivity contribution >= 4 is 84.9 Å². The van der Waals surface area contributed by atoms with Crippen LogP contribution in [0.25, 0.3) is 19.9 Å². The number of hydrogen-bond acceptors (Lipinski definition) is 15. The van der Waals surface area contributed by atoms with Crippen molar-refractivity contribution in [2.24, 2.45) is 0 Å². The molecule has 0 saturated carbocycles. The molecule has 19 heteroatoms. The van der Waals surface area contributed by atoms with E-state index >= 15 is 0 Å². The number of benzene rings is 3. The van der Waals surface area contributed by atoms with Crippen LogP contribution in [0.5, 0.6) is 0 Å². The molecule has 0 aromatic heterocycles. The fourth-order valence-corrected chi connectivity index (χ4v) is 7.11. The lowest BCUT2D eigenvalue weighted by Crippen LogP contribution is -2.41. The molecule has 3 heterocycles. The predicted octanol–water partition coefficient (Wildman–Crippen LogP) is 6.30. The van der Waals surface area contributed by atoms with E-state index < -0.39 is 17.9 Å². The maximum Gasteiger partial charge on any atom is 0.350 e. The fraction of sp³-hybridized carbons (Fsp3) is 0.375. The summed E-state index contributed by atoms with van der Waals surface area (Å²) in [4.78, 5) is 49.5. The molecule has 6 rings (SSSR count). The number of halogens is 3. The van der Waals surface area contributed by atoms with E-state index in [9.17, 15) is 24.9 Å². The summed E-state index contributed by atoms with van der Waals surface area (Å²) < 4.78 is 30.8. The lowest BCUT2D eigenvalue weighted by Gasteiger charge is -2.31. The van der Waals surface area contributed by atoms with Gasteiger partial charge in [-0.2, -0.15) is 10.5 Å². The molecule has 3 atom stereocenters. The Balaban J connectivity index is 1.10. The van der Waals surface area contributed by atoms with Gasteiger partial charge in [0.25, 0.3) is 5.70 Å². The fourth-order valence-electron chi connectivity index (χ4n) is 6.37. The van der Waals surface area contributed by atoms with Crippen LogP contribution in [0.1, 0.15) is 16.7 Å². The van der Waals surface area contributed by atoms with Crippen molar-refractivity contribution in [3.63, 3.8) is 0 Å². The second-order valence-corrected chi connectivity index (χ2v) is 16.9. The number of likely N-dealkylation sites (N-methyl/N-ethyl adjacent to an activating group) is 3. The third-order valence-corrected chi connectivity index (χ3v) is 12.1. The first kappa shape index (κ1) is 50.3. The van der Waals surface area contributed by atoms with Crippen LogP contribution in [0.2, 0.25) is 0 Å². The molecule has 0 spiro atoms. The summed E-state index contributed by atoms with van der Waals surface area (Å²) in [6, 6.07) is 25.5. The van der Waals surface area contributed by atoms with E-state index in [0.717, 1.165) is 17.1 Å². The number of rotatable bonds is 24. The summed E-state index contributed by atoms with van der Waals surface area (Å²) in [5.74, 6) is -2.39. The first-order valence-corrected chi connectivity index (χ1v) is 22.3. The van der Waals surface area contributed by atoms with Gasteiger partial charge in [-0.1, -0.05) is 71.2 Å². The van der Waals surface area contributed by atoms with Gasteiger partial charge in [0.05, 0.1) is 41.5 Å². The molecule has 3 unspecified atom stereocenters. The van der Waals surface area contributed by atoms with Gasteiger partial charge in [0.15, 0.2) is 11.1 Å². The van der Waals surface area contributed by atoms with Gasteiger partial charge in [-0.05, 0) is 53.1 Å². The Bertz CT molecular complexity index is 2210. The topological polar surface area (TPSA) is 181 Å². The number of hydrogen-bond donors (Lipinski definition) is 0. The smallest absolute Gasteiger partial charge is 0.350 e. The number of ether oxygens (including phenoxy) is 6. The highest BCUT2D eigenvalue weighted by Gasteiger charge is 2.29. The van der Waals surface area contributed by atoms with Gasteiger partial charge in [-0.15, -0.1) is 0 Å². The second kappa shape index (κ2) is 24.1. The van der Waals surface area contributed by atoms with E-state index in [0.29, 0.717) is 75.8 Å². The number of anilines is 3. The predicted molar refractivity (Wildman–Crippen MR) is 254 cm³/mol. The number of carbonyl (C=O) groups is 3. The van der Waals surface area contributed by atoms with Crippen molar-refractivity contribution in [2.45, 2.75) is 18.3 Å². The van der Waals surface area contributed by atoms with Crippen molar-refractivity contribution < 1.29 is 42.8 Å². The molecule has 16 nitrogen and oxygen atoms in total.